The monoisotopic (exact) mass is 228 g/mol. The number of aliphatic hydroxyl groups is 1. The first-order valence-corrected chi connectivity index (χ1v) is 5.99. The topological polar surface area (TPSA) is 29.5 Å². The van der Waals surface area contributed by atoms with Crippen LogP contribution < -0.4 is 0 Å². The van der Waals surface area contributed by atoms with E-state index in [2.05, 4.69) is 33.9 Å². The van der Waals surface area contributed by atoms with Crippen molar-refractivity contribution in [2.24, 2.45) is 11.8 Å². The summed E-state index contributed by atoms with van der Waals surface area (Å²) < 4.78 is 5.46. The van der Waals surface area contributed by atoms with E-state index >= 15 is 0 Å². The van der Waals surface area contributed by atoms with E-state index in [0.717, 1.165) is 19.6 Å². The molecule has 0 bridgehead atoms. The van der Waals surface area contributed by atoms with Crippen molar-refractivity contribution in [3.05, 3.63) is 25.0 Å². The van der Waals surface area contributed by atoms with E-state index in [0.29, 0.717) is 11.7 Å². The molecule has 16 heavy (non-hydrogen) atoms. The van der Waals surface area contributed by atoms with Gasteiger partial charge in [-0.3, -0.25) is 0 Å². The van der Waals surface area contributed by atoms with Crippen LogP contribution in [0, 0.1) is 11.8 Å². The van der Waals surface area contributed by atoms with Crippen LogP contribution in [0.15, 0.2) is 25.0 Å². The van der Waals surface area contributed by atoms with E-state index in [-0.39, 0.29) is 0 Å². The standard InChI is InChI=1S/C13H24O.CH4O/c1-6-12(5)14-10-13(7-2)9-8-11(3)4;1-2/h6,11,13H,1,5,7-10H2,2-4H3;2H,1H3. The predicted molar refractivity (Wildman–Crippen MR) is 71.3 cm³/mol. The van der Waals surface area contributed by atoms with Gasteiger partial charge in [0.1, 0.15) is 5.76 Å². The van der Waals surface area contributed by atoms with Gasteiger partial charge in [-0.2, -0.15) is 0 Å². The van der Waals surface area contributed by atoms with E-state index in [4.69, 9.17) is 9.84 Å². The van der Waals surface area contributed by atoms with Gasteiger partial charge in [0.25, 0.3) is 0 Å². The molecule has 0 fully saturated rings. The molecule has 0 aliphatic carbocycles. The van der Waals surface area contributed by atoms with Gasteiger partial charge in [-0.15, -0.1) is 0 Å². The fourth-order valence-electron chi connectivity index (χ4n) is 1.26. The summed E-state index contributed by atoms with van der Waals surface area (Å²) in [5.41, 5.74) is 0. The Balaban J connectivity index is 0. The summed E-state index contributed by atoms with van der Waals surface area (Å²) in [6.45, 7) is 14.9. The zero-order chi connectivity index (χ0) is 13.0. The lowest BCUT2D eigenvalue weighted by Crippen LogP contribution is -2.09. The van der Waals surface area contributed by atoms with E-state index in [9.17, 15) is 0 Å². The molecule has 2 heteroatoms. The van der Waals surface area contributed by atoms with Gasteiger partial charge >= 0.3 is 0 Å². The van der Waals surface area contributed by atoms with E-state index in [1.54, 1.807) is 6.08 Å². The van der Waals surface area contributed by atoms with Gasteiger partial charge in [-0.1, -0.05) is 46.8 Å². The Morgan fingerprint density at radius 2 is 1.88 bits per heavy atom. The van der Waals surface area contributed by atoms with Crippen LogP contribution in [0.2, 0.25) is 0 Å². The van der Waals surface area contributed by atoms with Crippen molar-refractivity contribution in [3.63, 3.8) is 0 Å². The smallest absolute Gasteiger partial charge is 0.111 e. The third-order valence-electron chi connectivity index (χ3n) is 2.46. The number of aliphatic hydroxyl groups excluding tert-OH is 1. The Kier molecular flexibility index (Phi) is 13.6. The Hall–Kier alpha value is -0.760. The van der Waals surface area contributed by atoms with Crippen LogP contribution in [-0.2, 0) is 4.74 Å². The van der Waals surface area contributed by atoms with Crippen molar-refractivity contribution in [1.82, 2.24) is 0 Å². The summed E-state index contributed by atoms with van der Waals surface area (Å²) in [6.07, 6.45) is 5.37. The van der Waals surface area contributed by atoms with Crippen LogP contribution in [0.3, 0.4) is 0 Å². The number of hydrogen-bond acceptors (Lipinski definition) is 2. The molecule has 0 aromatic carbocycles. The highest BCUT2D eigenvalue weighted by molar-refractivity contribution is 5.01. The van der Waals surface area contributed by atoms with Crippen molar-refractivity contribution >= 4 is 0 Å². The van der Waals surface area contributed by atoms with Crippen molar-refractivity contribution in [2.75, 3.05) is 13.7 Å². The van der Waals surface area contributed by atoms with Crippen LogP contribution >= 0.6 is 0 Å². The van der Waals surface area contributed by atoms with Crippen molar-refractivity contribution in [3.8, 4) is 0 Å². The average molecular weight is 228 g/mol. The first-order chi connectivity index (χ1) is 7.60. The summed E-state index contributed by atoms with van der Waals surface area (Å²) in [6, 6.07) is 0. The quantitative estimate of drug-likeness (QED) is 0.506. The largest absolute Gasteiger partial charge is 0.494 e. The van der Waals surface area contributed by atoms with Gasteiger partial charge < -0.3 is 9.84 Å². The lowest BCUT2D eigenvalue weighted by Gasteiger charge is -2.16. The van der Waals surface area contributed by atoms with E-state index in [1.807, 2.05) is 0 Å². The predicted octanol–water partition coefficient (Wildman–Crippen LogP) is 3.77. The molecule has 1 N–H and O–H groups in total. The summed E-state index contributed by atoms with van der Waals surface area (Å²) in [4.78, 5) is 0. The molecule has 0 aliphatic heterocycles. The summed E-state index contributed by atoms with van der Waals surface area (Å²) in [5.74, 6) is 2.13. The first kappa shape index (κ1) is 17.6. The molecule has 0 saturated carbocycles. The Morgan fingerprint density at radius 1 is 1.31 bits per heavy atom. The maximum Gasteiger partial charge on any atom is 0.111 e. The highest BCUT2D eigenvalue weighted by Gasteiger charge is 2.08. The molecule has 0 spiro atoms. The summed E-state index contributed by atoms with van der Waals surface area (Å²) in [7, 11) is 1.00. The van der Waals surface area contributed by atoms with Crippen LogP contribution in [0.4, 0.5) is 0 Å². The molecule has 0 rings (SSSR count). The average Bonchev–Trinajstić information content (AvgIpc) is 2.31. The second-order valence-electron chi connectivity index (χ2n) is 4.23. The van der Waals surface area contributed by atoms with Gasteiger partial charge in [0.05, 0.1) is 6.61 Å². The molecule has 0 radical (unpaired) electrons. The van der Waals surface area contributed by atoms with Crippen LogP contribution in [0.5, 0.6) is 0 Å². The highest BCUT2D eigenvalue weighted by atomic mass is 16.5. The zero-order valence-corrected chi connectivity index (χ0v) is 11.3. The minimum absolute atomic E-state index is 0.661. The summed E-state index contributed by atoms with van der Waals surface area (Å²) in [5, 5.41) is 7.00. The lowest BCUT2D eigenvalue weighted by atomic mass is 9.96. The Bertz CT molecular complexity index is 174. The first-order valence-electron chi connectivity index (χ1n) is 5.99. The van der Waals surface area contributed by atoms with Crippen molar-refractivity contribution in [1.29, 1.82) is 0 Å². The molecule has 0 amide bonds. The minimum Gasteiger partial charge on any atom is -0.494 e. The second-order valence-corrected chi connectivity index (χ2v) is 4.23. The molecule has 0 aliphatic rings. The molecular weight excluding hydrogens is 200 g/mol. The van der Waals surface area contributed by atoms with E-state index in [1.165, 1.54) is 19.3 Å². The fraction of sp³-hybridized carbons (Fsp3) is 0.714. The van der Waals surface area contributed by atoms with Crippen molar-refractivity contribution < 1.29 is 9.84 Å². The normalized spacial score (nSPS) is 11.4. The number of allylic oxidation sites excluding steroid dienone is 1. The van der Waals surface area contributed by atoms with Crippen LogP contribution in [-0.4, -0.2) is 18.8 Å². The molecular formula is C14H28O2. The van der Waals surface area contributed by atoms with Crippen molar-refractivity contribution in [2.45, 2.75) is 40.0 Å². The number of rotatable bonds is 8. The van der Waals surface area contributed by atoms with Gasteiger partial charge in [0.2, 0.25) is 0 Å². The summed E-state index contributed by atoms with van der Waals surface area (Å²) >= 11 is 0. The SMILES string of the molecule is C=CC(=C)OCC(CC)CCC(C)C.CO. The minimum atomic E-state index is 0.661. The van der Waals surface area contributed by atoms with Gasteiger partial charge in [-0.25, -0.2) is 0 Å². The lowest BCUT2D eigenvalue weighted by molar-refractivity contribution is 0.163. The number of ether oxygens (including phenoxy) is 1. The maximum atomic E-state index is 7.00. The zero-order valence-electron chi connectivity index (χ0n) is 11.3. The third kappa shape index (κ3) is 11.3. The van der Waals surface area contributed by atoms with Gasteiger partial charge in [0, 0.05) is 7.11 Å². The second kappa shape index (κ2) is 12.3. The molecule has 0 heterocycles. The molecule has 1 unspecified atom stereocenters. The highest BCUT2D eigenvalue weighted by Crippen LogP contribution is 2.16. The van der Waals surface area contributed by atoms with E-state index < -0.39 is 0 Å². The molecule has 0 saturated heterocycles. The third-order valence-corrected chi connectivity index (χ3v) is 2.46. The number of hydrogen-bond donors (Lipinski definition) is 1. The molecule has 0 aromatic heterocycles. The van der Waals surface area contributed by atoms with Crippen LogP contribution in [0.1, 0.15) is 40.0 Å². The molecule has 0 aromatic rings. The van der Waals surface area contributed by atoms with Gasteiger partial charge in [-0.05, 0) is 24.3 Å². The van der Waals surface area contributed by atoms with Crippen LogP contribution in [0.25, 0.3) is 0 Å². The Labute approximate surface area is 101 Å². The Morgan fingerprint density at radius 3 is 2.25 bits per heavy atom. The maximum absolute atomic E-state index is 7.00. The molecule has 1 atom stereocenters. The van der Waals surface area contributed by atoms with Gasteiger partial charge in [0.15, 0.2) is 0 Å². The molecule has 2 nitrogen and oxygen atoms in total. The molecule has 96 valence electrons. The fourth-order valence-corrected chi connectivity index (χ4v) is 1.26.